The van der Waals surface area contributed by atoms with Gasteiger partial charge < -0.3 is 16.0 Å². The Kier molecular flexibility index (Phi) is 4.61. The number of benzene rings is 1. The zero-order valence-electron chi connectivity index (χ0n) is 11.8. The summed E-state index contributed by atoms with van der Waals surface area (Å²) in [6.07, 6.45) is 1.10. The molecule has 0 saturated heterocycles. The Labute approximate surface area is 118 Å². The minimum Gasteiger partial charge on any atom is -0.395 e. The van der Waals surface area contributed by atoms with Crippen molar-refractivity contribution >= 4 is 32.9 Å². The van der Waals surface area contributed by atoms with Crippen LogP contribution in [0.3, 0.4) is 0 Å². The van der Waals surface area contributed by atoms with E-state index in [2.05, 4.69) is 42.2 Å². The van der Waals surface area contributed by atoms with Crippen molar-refractivity contribution in [3.05, 3.63) is 17.6 Å². The number of thiazole rings is 1. The predicted molar refractivity (Wildman–Crippen MR) is 84.9 cm³/mol. The molecule has 4 nitrogen and oxygen atoms in total. The second-order valence-corrected chi connectivity index (χ2v) is 5.97. The van der Waals surface area contributed by atoms with Crippen LogP contribution in [0.1, 0.15) is 20.3 Å². The predicted octanol–water partition coefficient (Wildman–Crippen LogP) is 3.02. The molecule has 0 bridgehead atoms. The summed E-state index contributed by atoms with van der Waals surface area (Å²) in [6, 6.07) is 4.71. The van der Waals surface area contributed by atoms with Gasteiger partial charge in [-0.2, -0.15) is 0 Å². The summed E-state index contributed by atoms with van der Waals surface area (Å²) in [7, 11) is 2.15. The average Bonchev–Trinajstić information content (AvgIpc) is 2.85. The first-order valence-corrected chi connectivity index (χ1v) is 7.53. The molecule has 1 aromatic heterocycles. The van der Waals surface area contributed by atoms with Gasteiger partial charge in [-0.15, -0.1) is 11.3 Å². The summed E-state index contributed by atoms with van der Waals surface area (Å²) >= 11 is 1.62. The molecule has 0 aliphatic heterocycles. The van der Waals surface area contributed by atoms with Crippen molar-refractivity contribution in [2.75, 3.05) is 31.2 Å². The third-order valence-corrected chi connectivity index (χ3v) is 4.22. The molecule has 0 aliphatic rings. The fraction of sp³-hybridized carbons (Fsp3) is 0.500. The van der Waals surface area contributed by atoms with Crippen LogP contribution >= 0.6 is 11.3 Å². The number of rotatable bonds is 6. The van der Waals surface area contributed by atoms with Crippen LogP contribution in [0.4, 0.5) is 11.4 Å². The van der Waals surface area contributed by atoms with Gasteiger partial charge >= 0.3 is 0 Å². The van der Waals surface area contributed by atoms with E-state index < -0.39 is 0 Å². The Morgan fingerprint density at radius 1 is 1.42 bits per heavy atom. The molecular formula is C14H22N4S. The van der Waals surface area contributed by atoms with Gasteiger partial charge in [0.05, 0.1) is 21.6 Å². The number of anilines is 2. The second kappa shape index (κ2) is 6.21. The third kappa shape index (κ3) is 3.36. The molecular weight excluding hydrogens is 256 g/mol. The molecule has 2 rings (SSSR count). The molecule has 1 heterocycles. The maximum absolute atomic E-state index is 6.12. The zero-order valence-corrected chi connectivity index (χ0v) is 12.6. The molecule has 0 radical (unpaired) electrons. The van der Waals surface area contributed by atoms with Crippen LogP contribution in [0.25, 0.3) is 10.2 Å². The zero-order chi connectivity index (χ0) is 13.8. The number of nitrogens with one attached hydrogen (secondary N) is 1. The molecule has 0 aliphatic carbocycles. The van der Waals surface area contributed by atoms with E-state index in [4.69, 9.17) is 5.73 Å². The highest BCUT2D eigenvalue weighted by molar-refractivity contribution is 7.16. The van der Waals surface area contributed by atoms with Crippen molar-refractivity contribution in [1.82, 2.24) is 9.88 Å². The van der Waals surface area contributed by atoms with Gasteiger partial charge in [0.2, 0.25) is 0 Å². The van der Waals surface area contributed by atoms with Gasteiger partial charge in [0.25, 0.3) is 0 Å². The van der Waals surface area contributed by atoms with E-state index in [0.717, 1.165) is 41.1 Å². The molecule has 2 aromatic rings. The van der Waals surface area contributed by atoms with Gasteiger partial charge in [0, 0.05) is 12.6 Å². The van der Waals surface area contributed by atoms with Gasteiger partial charge in [-0.3, -0.25) is 0 Å². The first-order valence-electron chi connectivity index (χ1n) is 6.65. The molecule has 19 heavy (non-hydrogen) atoms. The first kappa shape index (κ1) is 14.1. The van der Waals surface area contributed by atoms with E-state index in [1.54, 1.807) is 11.3 Å². The molecule has 104 valence electrons. The summed E-state index contributed by atoms with van der Waals surface area (Å²) in [4.78, 5) is 6.65. The Balaban J connectivity index is 1.89. The average molecular weight is 278 g/mol. The number of nitrogens with two attached hydrogens (primary N) is 1. The lowest BCUT2D eigenvalue weighted by Crippen LogP contribution is -2.28. The van der Waals surface area contributed by atoms with Gasteiger partial charge in [-0.05, 0) is 46.0 Å². The standard InChI is InChI=1S/C14H22N4S/c1-10(2)18(3)8-4-7-16-11-5-6-12-14(13(11)15)17-9-19-12/h5-6,9-10,16H,4,7-8,15H2,1-3H3. The van der Waals surface area contributed by atoms with Crippen molar-refractivity contribution in [1.29, 1.82) is 0 Å². The van der Waals surface area contributed by atoms with Gasteiger partial charge in [-0.1, -0.05) is 0 Å². The van der Waals surface area contributed by atoms with Crippen molar-refractivity contribution in [3.8, 4) is 0 Å². The highest BCUT2D eigenvalue weighted by Gasteiger charge is 2.07. The van der Waals surface area contributed by atoms with Crippen molar-refractivity contribution in [3.63, 3.8) is 0 Å². The lowest BCUT2D eigenvalue weighted by molar-refractivity contribution is 0.273. The van der Waals surface area contributed by atoms with Crippen LogP contribution in [0, 0.1) is 0 Å². The number of fused-ring (bicyclic) bond motifs is 1. The SMILES string of the molecule is CC(C)N(C)CCCNc1ccc2scnc2c1N. The van der Waals surface area contributed by atoms with Crippen molar-refractivity contribution in [2.45, 2.75) is 26.3 Å². The minimum absolute atomic E-state index is 0.594. The monoisotopic (exact) mass is 278 g/mol. The van der Waals surface area contributed by atoms with Gasteiger partial charge in [0.15, 0.2) is 0 Å². The van der Waals surface area contributed by atoms with E-state index in [9.17, 15) is 0 Å². The summed E-state index contributed by atoms with van der Waals surface area (Å²) < 4.78 is 1.14. The van der Waals surface area contributed by atoms with Crippen LogP contribution in [-0.2, 0) is 0 Å². The van der Waals surface area contributed by atoms with Gasteiger partial charge in [-0.25, -0.2) is 4.98 Å². The van der Waals surface area contributed by atoms with E-state index in [1.807, 2.05) is 11.6 Å². The highest BCUT2D eigenvalue weighted by atomic mass is 32.1. The van der Waals surface area contributed by atoms with Crippen LogP contribution in [0.15, 0.2) is 17.6 Å². The Morgan fingerprint density at radius 2 is 2.21 bits per heavy atom. The highest BCUT2D eigenvalue weighted by Crippen LogP contribution is 2.29. The molecule has 0 unspecified atom stereocenters. The lowest BCUT2D eigenvalue weighted by atomic mass is 10.2. The number of aromatic nitrogens is 1. The lowest BCUT2D eigenvalue weighted by Gasteiger charge is -2.21. The fourth-order valence-electron chi connectivity index (χ4n) is 1.92. The normalized spacial score (nSPS) is 11.6. The molecule has 3 N–H and O–H groups in total. The fourth-order valence-corrected chi connectivity index (χ4v) is 2.61. The van der Waals surface area contributed by atoms with Crippen LogP contribution in [0.2, 0.25) is 0 Å². The number of hydrogen-bond donors (Lipinski definition) is 2. The number of nitrogens with zero attached hydrogens (tertiary/aromatic N) is 2. The molecule has 5 heteroatoms. The maximum Gasteiger partial charge on any atom is 0.106 e. The smallest absolute Gasteiger partial charge is 0.106 e. The van der Waals surface area contributed by atoms with Gasteiger partial charge in [0.1, 0.15) is 5.52 Å². The van der Waals surface area contributed by atoms with E-state index >= 15 is 0 Å². The van der Waals surface area contributed by atoms with Crippen LogP contribution in [-0.4, -0.2) is 36.1 Å². The molecule has 0 atom stereocenters. The Hall–Kier alpha value is -1.33. The molecule has 0 fully saturated rings. The van der Waals surface area contributed by atoms with Crippen LogP contribution in [0.5, 0.6) is 0 Å². The van der Waals surface area contributed by atoms with E-state index in [1.165, 1.54) is 0 Å². The number of hydrogen-bond acceptors (Lipinski definition) is 5. The topological polar surface area (TPSA) is 54.2 Å². The maximum atomic E-state index is 6.12. The van der Waals surface area contributed by atoms with Crippen molar-refractivity contribution in [2.24, 2.45) is 0 Å². The number of nitrogen functional groups attached to an aromatic ring is 1. The molecule has 0 saturated carbocycles. The first-order chi connectivity index (χ1) is 9.09. The summed E-state index contributed by atoms with van der Waals surface area (Å²) in [5.41, 5.74) is 10.6. The molecule has 0 amide bonds. The van der Waals surface area contributed by atoms with Crippen LogP contribution < -0.4 is 11.1 Å². The summed E-state index contributed by atoms with van der Waals surface area (Å²) in [5, 5.41) is 3.40. The quantitative estimate of drug-likeness (QED) is 0.630. The second-order valence-electron chi connectivity index (χ2n) is 5.08. The van der Waals surface area contributed by atoms with E-state index in [0.29, 0.717) is 6.04 Å². The molecule has 0 spiro atoms. The summed E-state index contributed by atoms with van der Waals surface area (Å²) in [5.74, 6) is 0. The minimum atomic E-state index is 0.594. The third-order valence-electron chi connectivity index (χ3n) is 3.43. The van der Waals surface area contributed by atoms with E-state index in [-0.39, 0.29) is 0 Å². The Morgan fingerprint density at radius 3 is 2.95 bits per heavy atom. The van der Waals surface area contributed by atoms with Crippen molar-refractivity contribution < 1.29 is 0 Å². The largest absolute Gasteiger partial charge is 0.395 e. The summed E-state index contributed by atoms with van der Waals surface area (Å²) in [6.45, 7) is 6.43. The Bertz CT molecular complexity index is 535. The molecule has 1 aromatic carbocycles.